The van der Waals surface area contributed by atoms with Crippen LogP contribution in [0.5, 0.6) is 0 Å². The highest BCUT2D eigenvalue weighted by Crippen LogP contribution is 2.24. The zero-order valence-electron chi connectivity index (χ0n) is 10.1. The number of aromatic nitrogens is 2. The second kappa shape index (κ2) is 5.29. The van der Waals surface area contributed by atoms with E-state index in [4.69, 9.17) is 11.1 Å². The summed E-state index contributed by atoms with van der Waals surface area (Å²) < 4.78 is 13.7. The predicted octanol–water partition coefficient (Wildman–Crippen LogP) is 1.54. The highest BCUT2D eigenvalue weighted by molar-refractivity contribution is 5.61. The number of rotatable bonds is 3. The van der Waals surface area contributed by atoms with Crippen molar-refractivity contribution in [2.24, 2.45) is 5.84 Å². The maximum atomic E-state index is 13.7. The summed E-state index contributed by atoms with van der Waals surface area (Å²) in [6.07, 6.45) is 1.04. The molecule has 0 aliphatic carbocycles. The standard InChI is InChI=1S/C12H11FN6/c1-19(9-4-2-8(6-14)3-5-9)11-10(13)7-16-12(17-11)18-15/h2-5,7H,15H2,1H3,(H,16,17,18). The minimum Gasteiger partial charge on any atom is -0.327 e. The third kappa shape index (κ3) is 2.59. The van der Waals surface area contributed by atoms with Gasteiger partial charge in [-0.15, -0.1) is 0 Å². The molecule has 3 N–H and O–H groups in total. The molecule has 0 saturated carbocycles. The number of nitrogens with zero attached hydrogens (tertiary/aromatic N) is 4. The molecule has 0 saturated heterocycles. The molecule has 96 valence electrons. The molecule has 7 heteroatoms. The lowest BCUT2D eigenvalue weighted by Crippen LogP contribution is -2.17. The van der Waals surface area contributed by atoms with Gasteiger partial charge in [0.25, 0.3) is 0 Å². The second-order valence-electron chi connectivity index (χ2n) is 3.73. The fraction of sp³-hybridized carbons (Fsp3) is 0.0833. The van der Waals surface area contributed by atoms with Gasteiger partial charge >= 0.3 is 0 Å². The number of benzene rings is 1. The van der Waals surface area contributed by atoms with Gasteiger partial charge in [-0.05, 0) is 24.3 Å². The highest BCUT2D eigenvalue weighted by Gasteiger charge is 2.13. The van der Waals surface area contributed by atoms with Crippen molar-refractivity contribution in [1.29, 1.82) is 5.26 Å². The Labute approximate surface area is 109 Å². The molecule has 1 aromatic heterocycles. The van der Waals surface area contributed by atoms with Crippen LogP contribution in [-0.2, 0) is 0 Å². The molecule has 2 aromatic rings. The van der Waals surface area contributed by atoms with E-state index in [1.807, 2.05) is 6.07 Å². The van der Waals surface area contributed by atoms with Crippen LogP contribution in [0.2, 0.25) is 0 Å². The minimum absolute atomic E-state index is 0.0904. The van der Waals surface area contributed by atoms with Crippen molar-refractivity contribution in [2.75, 3.05) is 17.4 Å². The molecule has 0 aliphatic rings. The van der Waals surface area contributed by atoms with Crippen molar-refractivity contribution >= 4 is 17.5 Å². The Kier molecular flexibility index (Phi) is 3.54. The molecule has 19 heavy (non-hydrogen) atoms. The largest absolute Gasteiger partial charge is 0.327 e. The summed E-state index contributed by atoms with van der Waals surface area (Å²) in [6.45, 7) is 0. The number of nitrogens with one attached hydrogen (secondary N) is 1. The Morgan fingerprint density at radius 3 is 2.63 bits per heavy atom. The second-order valence-corrected chi connectivity index (χ2v) is 3.73. The number of halogens is 1. The number of hydrogen-bond donors (Lipinski definition) is 2. The van der Waals surface area contributed by atoms with Gasteiger partial charge in [-0.1, -0.05) is 0 Å². The van der Waals surface area contributed by atoms with Gasteiger partial charge in [-0.3, -0.25) is 5.43 Å². The van der Waals surface area contributed by atoms with Crippen molar-refractivity contribution in [3.8, 4) is 6.07 Å². The third-order valence-corrected chi connectivity index (χ3v) is 2.56. The van der Waals surface area contributed by atoms with Gasteiger partial charge in [0.05, 0.1) is 17.8 Å². The van der Waals surface area contributed by atoms with Gasteiger partial charge in [0.1, 0.15) is 0 Å². The van der Waals surface area contributed by atoms with Crippen molar-refractivity contribution in [1.82, 2.24) is 9.97 Å². The maximum absolute atomic E-state index is 13.7. The fourth-order valence-electron chi connectivity index (χ4n) is 1.54. The minimum atomic E-state index is -0.564. The van der Waals surface area contributed by atoms with Crippen LogP contribution in [-0.4, -0.2) is 17.0 Å². The van der Waals surface area contributed by atoms with Gasteiger partial charge in [-0.25, -0.2) is 15.2 Å². The SMILES string of the molecule is CN(c1ccc(C#N)cc1)c1nc(NN)ncc1F. The lowest BCUT2D eigenvalue weighted by molar-refractivity contribution is 0.614. The third-order valence-electron chi connectivity index (χ3n) is 2.56. The van der Waals surface area contributed by atoms with Crippen molar-refractivity contribution in [2.45, 2.75) is 0 Å². The van der Waals surface area contributed by atoms with Gasteiger partial charge in [0, 0.05) is 12.7 Å². The summed E-state index contributed by atoms with van der Waals surface area (Å²) in [5.74, 6) is 4.84. The monoisotopic (exact) mass is 258 g/mol. The first-order valence-corrected chi connectivity index (χ1v) is 5.38. The molecule has 0 fully saturated rings. The number of anilines is 3. The lowest BCUT2D eigenvalue weighted by Gasteiger charge is -2.19. The van der Waals surface area contributed by atoms with Crippen LogP contribution in [0.4, 0.5) is 21.8 Å². The first kappa shape index (κ1) is 12.7. The molecule has 0 unspecified atom stereocenters. The summed E-state index contributed by atoms with van der Waals surface area (Å²) >= 11 is 0. The van der Waals surface area contributed by atoms with E-state index in [1.54, 1.807) is 36.2 Å². The average Bonchev–Trinajstić information content (AvgIpc) is 2.47. The topological polar surface area (TPSA) is 90.9 Å². The number of hydrogen-bond acceptors (Lipinski definition) is 6. The molecule has 0 radical (unpaired) electrons. The quantitative estimate of drug-likeness (QED) is 0.641. The Morgan fingerprint density at radius 2 is 2.05 bits per heavy atom. The van der Waals surface area contributed by atoms with E-state index in [9.17, 15) is 4.39 Å². The first-order chi connectivity index (χ1) is 9.15. The van der Waals surface area contributed by atoms with E-state index in [0.717, 1.165) is 6.20 Å². The van der Waals surface area contributed by atoms with Gasteiger partial charge < -0.3 is 4.90 Å². The molecule has 0 aliphatic heterocycles. The average molecular weight is 258 g/mol. The fourth-order valence-corrected chi connectivity index (χ4v) is 1.54. The van der Waals surface area contributed by atoms with E-state index in [1.165, 1.54) is 0 Å². The Morgan fingerprint density at radius 1 is 1.37 bits per heavy atom. The molecule has 0 atom stereocenters. The van der Waals surface area contributed by atoms with Crippen LogP contribution >= 0.6 is 0 Å². The highest BCUT2D eigenvalue weighted by atomic mass is 19.1. The molecule has 0 amide bonds. The zero-order valence-corrected chi connectivity index (χ0v) is 10.1. The Hall–Kier alpha value is -2.72. The molecular formula is C12H11FN6. The summed E-state index contributed by atoms with van der Waals surface area (Å²) in [6, 6.07) is 8.72. The summed E-state index contributed by atoms with van der Waals surface area (Å²) in [5, 5.41) is 8.73. The van der Waals surface area contributed by atoms with Crippen molar-refractivity contribution < 1.29 is 4.39 Å². The predicted molar refractivity (Wildman–Crippen MR) is 69.0 cm³/mol. The van der Waals surface area contributed by atoms with E-state index in [2.05, 4.69) is 15.4 Å². The van der Waals surface area contributed by atoms with Gasteiger partial charge in [-0.2, -0.15) is 10.2 Å². The number of nitriles is 1. The smallest absolute Gasteiger partial charge is 0.239 e. The lowest BCUT2D eigenvalue weighted by atomic mass is 10.2. The summed E-state index contributed by atoms with van der Waals surface area (Å²) in [7, 11) is 1.66. The Balaban J connectivity index is 2.37. The zero-order chi connectivity index (χ0) is 13.8. The van der Waals surface area contributed by atoms with Gasteiger partial charge in [0.15, 0.2) is 11.6 Å². The number of hydrazine groups is 1. The van der Waals surface area contributed by atoms with Crippen LogP contribution in [0.15, 0.2) is 30.5 Å². The molecular weight excluding hydrogens is 247 g/mol. The van der Waals surface area contributed by atoms with E-state index in [-0.39, 0.29) is 11.8 Å². The van der Waals surface area contributed by atoms with Gasteiger partial charge in [0.2, 0.25) is 5.95 Å². The van der Waals surface area contributed by atoms with E-state index < -0.39 is 5.82 Å². The maximum Gasteiger partial charge on any atom is 0.239 e. The summed E-state index contributed by atoms with van der Waals surface area (Å²) in [4.78, 5) is 9.16. The van der Waals surface area contributed by atoms with E-state index >= 15 is 0 Å². The molecule has 0 spiro atoms. The van der Waals surface area contributed by atoms with Crippen molar-refractivity contribution in [3.05, 3.63) is 41.8 Å². The van der Waals surface area contributed by atoms with Crippen LogP contribution in [0.25, 0.3) is 0 Å². The number of nitrogen functional groups attached to an aromatic ring is 1. The summed E-state index contributed by atoms with van der Waals surface area (Å²) in [5.41, 5.74) is 3.49. The molecule has 2 rings (SSSR count). The first-order valence-electron chi connectivity index (χ1n) is 5.38. The Bertz CT molecular complexity index is 619. The normalized spacial score (nSPS) is 9.79. The van der Waals surface area contributed by atoms with Crippen LogP contribution in [0, 0.1) is 17.1 Å². The van der Waals surface area contributed by atoms with Crippen LogP contribution < -0.4 is 16.2 Å². The molecule has 1 heterocycles. The van der Waals surface area contributed by atoms with Crippen LogP contribution in [0.3, 0.4) is 0 Å². The van der Waals surface area contributed by atoms with Crippen LogP contribution in [0.1, 0.15) is 5.56 Å². The molecule has 6 nitrogen and oxygen atoms in total. The molecule has 0 bridgehead atoms. The molecule has 1 aromatic carbocycles. The van der Waals surface area contributed by atoms with Crippen molar-refractivity contribution in [3.63, 3.8) is 0 Å². The number of nitrogens with two attached hydrogens (primary N) is 1. The van der Waals surface area contributed by atoms with E-state index in [0.29, 0.717) is 11.3 Å².